The van der Waals surface area contributed by atoms with Crippen molar-refractivity contribution in [2.24, 2.45) is 0 Å². The van der Waals surface area contributed by atoms with Crippen LogP contribution in [0.25, 0.3) is 11.1 Å². The lowest BCUT2D eigenvalue weighted by atomic mass is 9.96. The molecule has 0 saturated heterocycles. The van der Waals surface area contributed by atoms with E-state index >= 15 is 0 Å². The van der Waals surface area contributed by atoms with Crippen LogP contribution in [-0.2, 0) is 9.53 Å². The Morgan fingerprint density at radius 3 is 2.59 bits per heavy atom. The topological polar surface area (TPSA) is 26.3 Å². The highest BCUT2D eigenvalue weighted by molar-refractivity contribution is 7.80. The summed E-state index contributed by atoms with van der Waals surface area (Å²) >= 11 is 10.2. The van der Waals surface area contributed by atoms with E-state index in [4.69, 9.17) is 16.3 Å². The van der Waals surface area contributed by atoms with Crippen molar-refractivity contribution in [2.75, 3.05) is 6.61 Å². The summed E-state index contributed by atoms with van der Waals surface area (Å²) in [4.78, 5) is 12.3. The zero-order chi connectivity index (χ0) is 15.9. The minimum Gasteiger partial charge on any atom is -0.457 e. The van der Waals surface area contributed by atoms with Gasteiger partial charge in [0.1, 0.15) is 12.4 Å². The number of thiol groups is 1. The molecule has 0 amide bonds. The van der Waals surface area contributed by atoms with E-state index < -0.39 is 11.8 Å². The first-order valence-corrected chi connectivity index (χ1v) is 7.45. The van der Waals surface area contributed by atoms with Crippen LogP contribution in [0, 0.1) is 12.7 Å². The Balaban J connectivity index is 2.17. The van der Waals surface area contributed by atoms with E-state index in [9.17, 15) is 9.18 Å². The molecule has 0 spiro atoms. The molecule has 5 heteroatoms. The molecular formula is C17H12ClFO2S. The summed E-state index contributed by atoms with van der Waals surface area (Å²) in [6, 6.07) is 10.0. The summed E-state index contributed by atoms with van der Waals surface area (Å²) in [6.45, 7) is 2.00. The lowest BCUT2D eigenvalue weighted by Gasteiger charge is -2.07. The van der Waals surface area contributed by atoms with Crippen LogP contribution in [0.1, 0.15) is 16.7 Å². The number of benzene rings is 2. The van der Waals surface area contributed by atoms with Gasteiger partial charge in [0.2, 0.25) is 0 Å². The van der Waals surface area contributed by atoms with E-state index in [1.54, 1.807) is 18.2 Å². The monoisotopic (exact) mass is 334 g/mol. The summed E-state index contributed by atoms with van der Waals surface area (Å²) in [6.07, 6.45) is 0. The van der Waals surface area contributed by atoms with Gasteiger partial charge in [0.05, 0.1) is 5.57 Å². The Morgan fingerprint density at radius 1 is 1.18 bits per heavy atom. The Morgan fingerprint density at radius 2 is 1.91 bits per heavy atom. The fourth-order valence-electron chi connectivity index (χ4n) is 2.37. The zero-order valence-corrected chi connectivity index (χ0v) is 13.3. The molecule has 0 aromatic heterocycles. The summed E-state index contributed by atoms with van der Waals surface area (Å²) in [7, 11) is 0. The van der Waals surface area contributed by atoms with Crippen molar-refractivity contribution in [3.63, 3.8) is 0 Å². The molecule has 0 N–H and O–H groups in total. The molecule has 3 rings (SSSR count). The van der Waals surface area contributed by atoms with Crippen molar-refractivity contribution >= 4 is 41.3 Å². The third-order valence-electron chi connectivity index (χ3n) is 3.61. The van der Waals surface area contributed by atoms with Crippen LogP contribution < -0.4 is 0 Å². The lowest BCUT2D eigenvalue weighted by molar-refractivity contribution is -0.133. The maximum Gasteiger partial charge on any atom is 0.339 e. The first kappa shape index (κ1) is 15.1. The molecule has 0 aliphatic carbocycles. The Kier molecular flexibility index (Phi) is 3.98. The van der Waals surface area contributed by atoms with E-state index in [2.05, 4.69) is 12.6 Å². The summed E-state index contributed by atoms with van der Waals surface area (Å²) < 4.78 is 18.9. The number of carbonyl (C=O) groups is 1. The molecule has 1 aliphatic heterocycles. The first-order valence-electron chi connectivity index (χ1n) is 6.63. The van der Waals surface area contributed by atoms with E-state index in [0.29, 0.717) is 27.3 Å². The highest BCUT2D eigenvalue weighted by Crippen LogP contribution is 2.35. The van der Waals surface area contributed by atoms with Crippen LogP contribution in [0.3, 0.4) is 0 Å². The van der Waals surface area contributed by atoms with Crippen LogP contribution in [0.2, 0.25) is 5.02 Å². The third-order valence-corrected chi connectivity index (χ3v) is 4.38. The summed E-state index contributed by atoms with van der Waals surface area (Å²) in [5.41, 5.74) is 3.27. The second-order valence-corrected chi connectivity index (χ2v) is 5.95. The molecule has 0 bridgehead atoms. The first-order chi connectivity index (χ1) is 10.5. The van der Waals surface area contributed by atoms with Crippen molar-refractivity contribution in [1.29, 1.82) is 0 Å². The zero-order valence-electron chi connectivity index (χ0n) is 11.7. The van der Waals surface area contributed by atoms with Gasteiger partial charge in [-0.2, -0.15) is 0 Å². The van der Waals surface area contributed by atoms with Gasteiger partial charge >= 0.3 is 5.97 Å². The van der Waals surface area contributed by atoms with Gasteiger partial charge in [-0.05, 0) is 41.8 Å². The van der Waals surface area contributed by atoms with Gasteiger partial charge in [0, 0.05) is 15.5 Å². The molecule has 0 fully saturated rings. The number of ether oxygens (including phenoxy) is 1. The molecular weight excluding hydrogens is 323 g/mol. The molecule has 112 valence electrons. The molecule has 0 unspecified atom stereocenters. The average Bonchev–Trinajstić information content (AvgIpc) is 2.87. The normalized spacial score (nSPS) is 14.5. The quantitative estimate of drug-likeness (QED) is 0.644. The van der Waals surface area contributed by atoms with Crippen molar-refractivity contribution in [1.82, 2.24) is 0 Å². The van der Waals surface area contributed by atoms with Crippen LogP contribution in [0.5, 0.6) is 0 Å². The van der Waals surface area contributed by atoms with Gasteiger partial charge < -0.3 is 4.74 Å². The number of carbonyl (C=O) groups excluding carboxylic acids is 1. The smallest absolute Gasteiger partial charge is 0.339 e. The van der Waals surface area contributed by atoms with Crippen LogP contribution in [-0.4, -0.2) is 12.6 Å². The number of rotatable bonds is 2. The molecule has 1 heterocycles. The Hall–Kier alpha value is -1.78. The second-order valence-electron chi connectivity index (χ2n) is 5.06. The number of hydrogen-bond acceptors (Lipinski definition) is 3. The molecule has 0 radical (unpaired) electrons. The predicted molar refractivity (Wildman–Crippen MR) is 87.6 cm³/mol. The van der Waals surface area contributed by atoms with E-state index in [0.717, 1.165) is 5.56 Å². The average molecular weight is 335 g/mol. The van der Waals surface area contributed by atoms with Crippen LogP contribution >= 0.6 is 24.2 Å². The molecule has 2 aromatic carbocycles. The predicted octanol–water partition coefficient (Wildman–Crippen LogP) is 4.54. The number of aryl methyl sites for hydroxylation is 1. The summed E-state index contributed by atoms with van der Waals surface area (Å²) in [5, 5.41) is 0.570. The standard InChI is InChI=1S/C17H12ClFO2S/c1-9-2-3-11(6-13(9)18)16-12(8-21-17(16)20)10-4-5-15(22)14(19)7-10/h2-7,22H,8H2,1H3. The molecule has 1 aliphatic rings. The van der Waals surface area contributed by atoms with Crippen molar-refractivity contribution in [3.8, 4) is 0 Å². The van der Waals surface area contributed by atoms with Gasteiger partial charge in [-0.15, -0.1) is 12.6 Å². The Labute approximate surface area is 138 Å². The number of halogens is 2. The molecule has 2 aromatic rings. The molecule has 22 heavy (non-hydrogen) atoms. The second kappa shape index (κ2) is 5.78. The third kappa shape index (κ3) is 2.64. The van der Waals surface area contributed by atoms with Crippen LogP contribution in [0.15, 0.2) is 41.3 Å². The lowest BCUT2D eigenvalue weighted by Crippen LogP contribution is -1.98. The maximum atomic E-state index is 13.7. The fraction of sp³-hybridized carbons (Fsp3) is 0.118. The van der Waals surface area contributed by atoms with E-state index in [1.807, 2.05) is 19.1 Å². The molecule has 2 nitrogen and oxygen atoms in total. The van der Waals surface area contributed by atoms with Gasteiger partial charge in [0.25, 0.3) is 0 Å². The van der Waals surface area contributed by atoms with Gasteiger partial charge in [-0.25, -0.2) is 9.18 Å². The number of esters is 1. The molecule has 0 atom stereocenters. The maximum absolute atomic E-state index is 13.7. The highest BCUT2D eigenvalue weighted by Gasteiger charge is 2.27. The fourth-order valence-corrected chi connectivity index (χ4v) is 2.69. The summed E-state index contributed by atoms with van der Waals surface area (Å²) in [5.74, 6) is -0.862. The van der Waals surface area contributed by atoms with Gasteiger partial charge in [0.15, 0.2) is 0 Å². The van der Waals surface area contributed by atoms with Crippen LogP contribution in [0.4, 0.5) is 4.39 Å². The highest BCUT2D eigenvalue weighted by atomic mass is 35.5. The number of hydrogen-bond donors (Lipinski definition) is 1. The minimum atomic E-state index is -0.436. The largest absolute Gasteiger partial charge is 0.457 e. The van der Waals surface area contributed by atoms with Crippen molar-refractivity contribution in [2.45, 2.75) is 11.8 Å². The van der Waals surface area contributed by atoms with E-state index in [-0.39, 0.29) is 11.5 Å². The molecule has 0 saturated carbocycles. The number of cyclic esters (lactones) is 1. The van der Waals surface area contributed by atoms with Gasteiger partial charge in [-0.1, -0.05) is 29.8 Å². The van der Waals surface area contributed by atoms with Gasteiger partial charge in [-0.3, -0.25) is 0 Å². The minimum absolute atomic E-state index is 0.116. The van der Waals surface area contributed by atoms with Crippen molar-refractivity contribution < 1.29 is 13.9 Å². The Bertz CT molecular complexity index is 814. The van der Waals surface area contributed by atoms with Crippen molar-refractivity contribution in [3.05, 3.63) is 63.9 Å². The van der Waals surface area contributed by atoms with E-state index in [1.165, 1.54) is 6.07 Å². The SMILES string of the molecule is Cc1ccc(C2=C(c3ccc(S)c(F)c3)COC2=O)cc1Cl.